The third-order valence-electron chi connectivity index (χ3n) is 5.67. The van der Waals surface area contributed by atoms with Crippen molar-refractivity contribution in [3.8, 4) is 0 Å². The van der Waals surface area contributed by atoms with Crippen molar-refractivity contribution in [3.05, 3.63) is 59.2 Å². The highest BCUT2D eigenvalue weighted by Gasteiger charge is 2.54. The predicted octanol–water partition coefficient (Wildman–Crippen LogP) is 4.36. The first-order valence-corrected chi connectivity index (χ1v) is 10.8. The Morgan fingerprint density at radius 2 is 1.48 bits per heavy atom. The maximum absolute atomic E-state index is 13.7. The minimum atomic E-state index is -3.81. The summed E-state index contributed by atoms with van der Waals surface area (Å²) in [6.45, 7) is 5.65. The quantitative estimate of drug-likeness (QED) is 0.786. The number of benzene rings is 2. The lowest BCUT2D eigenvalue weighted by molar-refractivity contribution is -0.120. The summed E-state index contributed by atoms with van der Waals surface area (Å²) in [4.78, 5) is 15.3. The van der Waals surface area contributed by atoms with Gasteiger partial charge in [-0.15, -0.1) is 0 Å². The van der Waals surface area contributed by atoms with E-state index in [1.807, 2.05) is 50.2 Å². The van der Waals surface area contributed by atoms with E-state index >= 15 is 0 Å². The second kappa shape index (κ2) is 7.12. The number of carbonyl (C=O) groups excluding carboxylic acids is 1. The molecule has 0 aliphatic heterocycles. The molecule has 0 saturated heterocycles. The molecule has 0 unspecified atom stereocenters. The number of anilines is 1. The van der Waals surface area contributed by atoms with Crippen LogP contribution in [0.3, 0.4) is 0 Å². The minimum Gasteiger partial charge on any atom is -0.314 e. The van der Waals surface area contributed by atoms with Crippen LogP contribution in [0.5, 0.6) is 0 Å². The first-order valence-electron chi connectivity index (χ1n) is 9.36. The van der Waals surface area contributed by atoms with E-state index in [-0.39, 0.29) is 10.8 Å². The maximum Gasteiger partial charge on any atom is 0.248 e. The van der Waals surface area contributed by atoms with Gasteiger partial charge in [0.1, 0.15) is 0 Å². The molecule has 0 N–H and O–H groups in total. The number of hydrogen-bond donors (Lipinski definition) is 0. The molecule has 1 aliphatic rings. The van der Waals surface area contributed by atoms with Crippen molar-refractivity contribution in [2.24, 2.45) is 0 Å². The van der Waals surface area contributed by atoms with Gasteiger partial charge in [-0.05, 0) is 62.9 Å². The first kappa shape index (κ1) is 19.6. The largest absolute Gasteiger partial charge is 0.314 e. The van der Waals surface area contributed by atoms with Crippen molar-refractivity contribution in [3.63, 3.8) is 0 Å². The van der Waals surface area contributed by atoms with Crippen LogP contribution in [0.15, 0.2) is 47.4 Å². The summed E-state index contributed by atoms with van der Waals surface area (Å²) >= 11 is 0. The van der Waals surface area contributed by atoms with E-state index in [1.165, 1.54) is 4.90 Å². The molecular weight excluding hydrogens is 358 g/mol. The maximum atomic E-state index is 13.7. The van der Waals surface area contributed by atoms with Crippen LogP contribution in [0.25, 0.3) is 0 Å². The standard InChI is InChI=1S/C22H27NO3S/c1-16-8-11-19(12-9-16)23(4)21(24)22(13-5-6-14-22)27(25,26)20-15-17(2)7-10-18(20)3/h7-12,15H,5-6,13-14H2,1-4H3. The number of amides is 1. The molecule has 27 heavy (non-hydrogen) atoms. The molecule has 1 aliphatic carbocycles. The topological polar surface area (TPSA) is 54.5 Å². The molecule has 0 atom stereocenters. The molecule has 0 spiro atoms. The van der Waals surface area contributed by atoms with Crippen LogP contribution in [0.4, 0.5) is 5.69 Å². The Morgan fingerprint density at radius 1 is 0.926 bits per heavy atom. The van der Waals surface area contributed by atoms with Gasteiger partial charge in [-0.25, -0.2) is 8.42 Å². The Morgan fingerprint density at radius 3 is 2.07 bits per heavy atom. The number of sulfone groups is 1. The molecule has 2 aromatic carbocycles. The number of rotatable bonds is 4. The smallest absolute Gasteiger partial charge is 0.248 e. The van der Waals surface area contributed by atoms with Gasteiger partial charge < -0.3 is 4.90 Å². The molecule has 0 bridgehead atoms. The van der Waals surface area contributed by atoms with Crippen LogP contribution < -0.4 is 4.90 Å². The SMILES string of the molecule is Cc1ccc(N(C)C(=O)C2(S(=O)(=O)c3cc(C)ccc3C)CCCC2)cc1. The molecule has 1 amide bonds. The molecule has 0 heterocycles. The number of hydrogen-bond acceptors (Lipinski definition) is 3. The summed E-state index contributed by atoms with van der Waals surface area (Å²) < 4.78 is 26.0. The molecule has 5 heteroatoms. The highest BCUT2D eigenvalue weighted by molar-refractivity contribution is 7.93. The number of aryl methyl sites for hydroxylation is 3. The van der Waals surface area contributed by atoms with E-state index in [9.17, 15) is 13.2 Å². The molecule has 4 nitrogen and oxygen atoms in total. The normalized spacial score (nSPS) is 16.3. The summed E-state index contributed by atoms with van der Waals surface area (Å²) in [5.41, 5.74) is 3.38. The highest BCUT2D eigenvalue weighted by atomic mass is 32.2. The fourth-order valence-corrected chi connectivity index (χ4v) is 6.39. The van der Waals surface area contributed by atoms with Gasteiger partial charge in [-0.1, -0.05) is 42.7 Å². The fourth-order valence-electron chi connectivity index (χ4n) is 3.94. The first-order chi connectivity index (χ1) is 12.7. The number of carbonyl (C=O) groups is 1. The van der Waals surface area contributed by atoms with Crippen molar-refractivity contribution < 1.29 is 13.2 Å². The van der Waals surface area contributed by atoms with Gasteiger partial charge in [-0.3, -0.25) is 4.79 Å². The summed E-state index contributed by atoms with van der Waals surface area (Å²) in [5, 5.41) is 0. The van der Waals surface area contributed by atoms with E-state index in [1.54, 1.807) is 20.0 Å². The van der Waals surface area contributed by atoms with E-state index in [0.717, 1.165) is 24.0 Å². The van der Waals surface area contributed by atoms with E-state index < -0.39 is 14.6 Å². The van der Waals surface area contributed by atoms with Crippen LogP contribution in [-0.2, 0) is 14.6 Å². The molecule has 0 radical (unpaired) electrons. The van der Waals surface area contributed by atoms with Gasteiger partial charge in [0.05, 0.1) is 4.90 Å². The Balaban J connectivity index is 2.09. The van der Waals surface area contributed by atoms with E-state index in [0.29, 0.717) is 24.1 Å². The van der Waals surface area contributed by atoms with Crippen molar-refractivity contribution in [2.45, 2.75) is 56.1 Å². The van der Waals surface area contributed by atoms with Crippen molar-refractivity contribution >= 4 is 21.4 Å². The van der Waals surface area contributed by atoms with Crippen molar-refractivity contribution in [2.75, 3.05) is 11.9 Å². The third-order valence-corrected chi connectivity index (χ3v) is 8.30. The lowest BCUT2D eigenvalue weighted by atomic mass is 10.0. The zero-order valence-corrected chi connectivity index (χ0v) is 17.3. The van der Waals surface area contributed by atoms with Gasteiger partial charge in [0.15, 0.2) is 14.6 Å². The molecule has 1 fully saturated rings. The van der Waals surface area contributed by atoms with E-state index in [4.69, 9.17) is 0 Å². The molecule has 1 saturated carbocycles. The number of nitrogens with zero attached hydrogens (tertiary/aromatic N) is 1. The zero-order valence-electron chi connectivity index (χ0n) is 16.5. The predicted molar refractivity (Wildman–Crippen MR) is 109 cm³/mol. The van der Waals surface area contributed by atoms with Gasteiger partial charge in [0.25, 0.3) is 0 Å². The Labute approximate surface area is 162 Å². The summed E-state index contributed by atoms with van der Waals surface area (Å²) in [6.07, 6.45) is 2.24. The van der Waals surface area contributed by atoms with Crippen molar-refractivity contribution in [1.82, 2.24) is 0 Å². The Bertz CT molecular complexity index is 956. The lowest BCUT2D eigenvalue weighted by Gasteiger charge is -2.32. The average molecular weight is 386 g/mol. The van der Waals surface area contributed by atoms with Crippen molar-refractivity contribution in [1.29, 1.82) is 0 Å². The second-order valence-corrected chi connectivity index (χ2v) is 9.90. The lowest BCUT2D eigenvalue weighted by Crippen LogP contribution is -2.51. The summed E-state index contributed by atoms with van der Waals surface area (Å²) in [7, 11) is -2.13. The molecule has 3 rings (SSSR count). The van der Waals surface area contributed by atoms with Gasteiger partial charge >= 0.3 is 0 Å². The monoisotopic (exact) mass is 385 g/mol. The van der Waals surface area contributed by atoms with Crippen LogP contribution in [0.1, 0.15) is 42.4 Å². The Kier molecular flexibility index (Phi) is 5.17. The van der Waals surface area contributed by atoms with E-state index in [2.05, 4.69) is 0 Å². The molecular formula is C22H27NO3S. The second-order valence-electron chi connectivity index (χ2n) is 7.67. The molecule has 2 aromatic rings. The minimum absolute atomic E-state index is 0.287. The fraction of sp³-hybridized carbons (Fsp3) is 0.409. The van der Waals surface area contributed by atoms with Crippen LogP contribution in [0.2, 0.25) is 0 Å². The summed E-state index contributed by atoms with van der Waals surface area (Å²) in [5.74, 6) is -0.329. The van der Waals surface area contributed by atoms with Gasteiger partial charge in [0, 0.05) is 12.7 Å². The molecule has 144 valence electrons. The molecule has 0 aromatic heterocycles. The Hall–Kier alpha value is -2.14. The zero-order chi connectivity index (χ0) is 19.8. The van der Waals surface area contributed by atoms with Gasteiger partial charge in [-0.2, -0.15) is 0 Å². The highest BCUT2D eigenvalue weighted by Crippen LogP contribution is 2.43. The summed E-state index contributed by atoms with van der Waals surface area (Å²) in [6, 6.07) is 13.0. The van der Waals surface area contributed by atoms with Crippen LogP contribution in [-0.4, -0.2) is 26.1 Å². The average Bonchev–Trinajstić information content (AvgIpc) is 3.14. The third kappa shape index (κ3) is 3.29. The van der Waals surface area contributed by atoms with Crippen LogP contribution in [0, 0.1) is 20.8 Å². The van der Waals surface area contributed by atoms with Gasteiger partial charge in [0.2, 0.25) is 5.91 Å². The van der Waals surface area contributed by atoms with Crippen LogP contribution >= 0.6 is 0 Å².